The molecule has 2 aromatic rings. The third-order valence-electron chi connectivity index (χ3n) is 3.71. The Bertz CT molecular complexity index is 716. The molecule has 1 aromatic carbocycles. The van der Waals surface area contributed by atoms with Crippen molar-refractivity contribution in [3.8, 4) is 0 Å². The maximum Gasteiger partial charge on any atom is 0.416 e. The summed E-state index contributed by atoms with van der Waals surface area (Å²) in [6.45, 7) is 4.63. The van der Waals surface area contributed by atoms with Crippen LogP contribution in [0.2, 0.25) is 0 Å². The average molecular weight is 386 g/mol. The van der Waals surface area contributed by atoms with E-state index in [1.54, 1.807) is 13.3 Å². The van der Waals surface area contributed by atoms with E-state index >= 15 is 0 Å². The van der Waals surface area contributed by atoms with Gasteiger partial charge < -0.3 is 9.88 Å². The molecule has 0 aliphatic heterocycles. The molecule has 26 heavy (non-hydrogen) atoms. The summed E-state index contributed by atoms with van der Waals surface area (Å²) in [7, 11) is 0. The molecule has 1 aromatic heterocycles. The van der Waals surface area contributed by atoms with Crippen molar-refractivity contribution < 1.29 is 18.0 Å². The van der Waals surface area contributed by atoms with Gasteiger partial charge in [0.1, 0.15) is 6.33 Å². The first-order valence-corrected chi connectivity index (χ1v) is 9.21. The Morgan fingerprint density at radius 2 is 1.96 bits per heavy atom. The molecule has 142 valence electrons. The zero-order chi connectivity index (χ0) is 19.2. The number of carbonyl (C=O) groups is 1. The van der Waals surface area contributed by atoms with E-state index in [9.17, 15) is 18.0 Å². The number of hydrogen-bond acceptors (Lipinski definition) is 4. The normalized spacial score (nSPS) is 12.8. The number of aromatic nitrogens is 3. The second-order valence-electron chi connectivity index (χ2n) is 5.84. The first-order valence-electron chi connectivity index (χ1n) is 8.34. The molecule has 0 spiro atoms. The first-order chi connectivity index (χ1) is 12.3. The number of nitrogens with zero attached hydrogens (tertiary/aromatic N) is 3. The average Bonchev–Trinajstić information content (AvgIpc) is 3.02. The van der Waals surface area contributed by atoms with E-state index in [1.165, 1.54) is 23.9 Å². The Labute approximate surface area is 154 Å². The van der Waals surface area contributed by atoms with Crippen molar-refractivity contribution >= 4 is 23.4 Å². The standard InChI is InChI=1S/C17H21F3N4OS/c1-3-4-5-10-24-11-21-23-16(24)26-12(2)15(25)22-14-8-6-13(7-9-14)17(18,19)20/h6-9,11-12H,3-5,10H2,1-2H3,(H,22,25)/t12-/m1/s1. The first kappa shape index (κ1) is 20.3. The summed E-state index contributed by atoms with van der Waals surface area (Å²) in [4.78, 5) is 12.3. The second-order valence-corrected chi connectivity index (χ2v) is 7.15. The maximum absolute atomic E-state index is 12.6. The summed E-state index contributed by atoms with van der Waals surface area (Å²) in [5.74, 6) is -0.308. The van der Waals surface area contributed by atoms with Crippen molar-refractivity contribution in [1.82, 2.24) is 14.8 Å². The van der Waals surface area contributed by atoms with E-state index in [2.05, 4.69) is 22.4 Å². The van der Waals surface area contributed by atoms with Crippen LogP contribution in [0.15, 0.2) is 35.7 Å². The summed E-state index contributed by atoms with van der Waals surface area (Å²) in [5, 5.41) is 10.7. The number of unbranched alkanes of at least 4 members (excludes halogenated alkanes) is 2. The number of benzene rings is 1. The zero-order valence-electron chi connectivity index (χ0n) is 14.6. The molecular formula is C17H21F3N4OS. The van der Waals surface area contributed by atoms with Gasteiger partial charge in [-0.05, 0) is 37.6 Å². The Balaban J connectivity index is 1.93. The van der Waals surface area contributed by atoms with Gasteiger partial charge in [0.05, 0.1) is 10.8 Å². The SMILES string of the molecule is CCCCCn1cnnc1S[C@H](C)C(=O)Nc1ccc(C(F)(F)F)cc1. The lowest BCUT2D eigenvalue weighted by Gasteiger charge is -2.13. The van der Waals surface area contributed by atoms with E-state index in [-0.39, 0.29) is 5.91 Å². The topological polar surface area (TPSA) is 59.8 Å². The van der Waals surface area contributed by atoms with E-state index < -0.39 is 17.0 Å². The highest BCUT2D eigenvalue weighted by molar-refractivity contribution is 8.00. The van der Waals surface area contributed by atoms with Crippen molar-refractivity contribution in [1.29, 1.82) is 0 Å². The molecule has 1 atom stereocenters. The predicted octanol–water partition coefficient (Wildman–Crippen LogP) is 4.61. The molecule has 0 unspecified atom stereocenters. The number of aryl methyl sites for hydroxylation is 1. The second kappa shape index (κ2) is 9.07. The van der Waals surface area contributed by atoms with Gasteiger partial charge in [-0.2, -0.15) is 13.2 Å². The van der Waals surface area contributed by atoms with Crippen LogP contribution in [0.3, 0.4) is 0 Å². The fourth-order valence-electron chi connectivity index (χ4n) is 2.22. The van der Waals surface area contributed by atoms with Crippen LogP contribution in [0, 0.1) is 0 Å². The summed E-state index contributed by atoms with van der Waals surface area (Å²) < 4.78 is 39.6. The highest BCUT2D eigenvalue weighted by atomic mass is 32.2. The van der Waals surface area contributed by atoms with Crippen LogP contribution in [-0.2, 0) is 17.5 Å². The number of hydrogen-bond donors (Lipinski definition) is 1. The Kier molecular flexibility index (Phi) is 7.07. The maximum atomic E-state index is 12.6. The number of alkyl halides is 3. The van der Waals surface area contributed by atoms with Crippen molar-refractivity contribution in [2.24, 2.45) is 0 Å². The predicted molar refractivity (Wildman–Crippen MR) is 94.9 cm³/mol. The smallest absolute Gasteiger partial charge is 0.325 e. The van der Waals surface area contributed by atoms with E-state index in [1.807, 2.05) is 4.57 Å². The van der Waals surface area contributed by atoms with Crippen LogP contribution >= 0.6 is 11.8 Å². The Morgan fingerprint density at radius 3 is 2.58 bits per heavy atom. The van der Waals surface area contributed by atoms with Gasteiger partial charge in [-0.3, -0.25) is 4.79 Å². The molecule has 0 bridgehead atoms. The molecule has 0 saturated carbocycles. The van der Waals surface area contributed by atoms with Crippen molar-refractivity contribution in [3.05, 3.63) is 36.2 Å². The summed E-state index contributed by atoms with van der Waals surface area (Å²) in [5.41, 5.74) is -0.432. The van der Waals surface area contributed by atoms with Crippen LogP contribution in [0.4, 0.5) is 18.9 Å². The van der Waals surface area contributed by atoms with E-state index in [0.29, 0.717) is 10.8 Å². The van der Waals surface area contributed by atoms with Gasteiger partial charge in [0.2, 0.25) is 5.91 Å². The lowest BCUT2D eigenvalue weighted by Crippen LogP contribution is -2.23. The largest absolute Gasteiger partial charge is 0.416 e. The fraction of sp³-hybridized carbons (Fsp3) is 0.471. The lowest BCUT2D eigenvalue weighted by atomic mass is 10.2. The Morgan fingerprint density at radius 1 is 1.27 bits per heavy atom. The number of rotatable bonds is 8. The van der Waals surface area contributed by atoms with Gasteiger partial charge in [-0.1, -0.05) is 31.5 Å². The van der Waals surface area contributed by atoms with Gasteiger partial charge in [0.15, 0.2) is 5.16 Å². The van der Waals surface area contributed by atoms with Crippen LogP contribution in [-0.4, -0.2) is 25.9 Å². The van der Waals surface area contributed by atoms with Gasteiger partial charge >= 0.3 is 6.18 Å². The zero-order valence-corrected chi connectivity index (χ0v) is 15.4. The van der Waals surface area contributed by atoms with Crippen LogP contribution < -0.4 is 5.32 Å². The molecule has 0 radical (unpaired) electrons. The number of carbonyl (C=O) groups excluding carboxylic acids is 1. The molecule has 2 rings (SSSR count). The number of amides is 1. The van der Waals surface area contributed by atoms with Gasteiger partial charge in [0, 0.05) is 12.2 Å². The van der Waals surface area contributed by atoms with E-state index in [0.717, 1.165) is 37.9 Å². The minimum absolute atomic E-state index is 0.308. The molecule has 1 heterocycles. The minimum atomic E-state index is -4.40. The minimum Gasteiger partial charge on any atom is -0.325 e. The molecule has 0 aliphatic rings. The molecule has 0 fully saturated rings. The number of nitrogens with one attached hydrogen (secondary N) is 1. The van der Waals surface area contributed by atoms with Gasteiger partial charge in [0.25, 0.3) is 0 Å². The third kappa shape index (κ3) is 5.76. The molecule has 1 amide bonds. The highest BCUT2D eigenvalue weighted by Gasteiger charge is 2.30. The molecule has 5 nitrogen and oxygen atoms in total. The third-order valence-corrected chi connectivity index (χ3v) is 4.81. The van der Waals surface area contributed by atoms with Gasteiger partial charge in [-0.25, -0.2) is 0 Å². The molecule has 0 saturated heterocycles. The number of thioether (sulfide) groups is 1. The Hall–Kier alpha value is -2.03. The van der Waals surface area contributed by atoms with Crippen LogP contribution in [0.1, 0.15) is 38.7 Å². The molecule has 1 N–H and O–H groups in total. The number of anilines is 1. The highest BCUT2D eigenvalue weighted by Crippen LogP contribution is 2.30. The van der Waals surface area contributed by atoms with Crippen LogP contribution in [0.25, 0.3) is 0 Å². The fourth-order valence-corrected chi connectivity index (χ4v) is 3.07. The van der Waals surface area contributed by atoms with E-state index in [4.69, 9.17) is 0 Å². The molecular weight excluding hydrogens is 365 g/mol. The monoisotopic (exact) mass is 386 g/mol. The summed E-state index contributed by atoms with van der Waals surface area (Å²) in [6, 6.07) is 4.37. The lowest BCUT2D eigenvalue weighted by molar-refractivity contribution is -0.137. The van der Waals surface area contributed by atoms with Crippen molar-refractivity contribution in [2.45, 2.75) is 56.2 Å². The van der Waals surface area contributed by atoms with Crippen molar-refractivity contribution in [3.63, 3.8) is 0 Å². The summed E-state index contributed by atoms with van der Waals surface area (Å²) >= 11 is 1.27. The molecule has 9 heteroatoms. The van der Waals surface area contributed by atoms with Gasteiger partial charge in [-0.15, -0.1) is 10.2 Å². The van der Waals surface area contributed by atoms with Crippen molar-refractivity contribution in [2.75, 3.05) is 5.32 Å². The number of halogens is 3. The quantitative estimate of drug-likeness (QED) is 0.532. The molecule has 0 aliphatic carbocycles. The van der Waals surface area contributed by atoms with Crippen LogP contribution in [0.5, 0.6) is 0 Å². The summed E-state index contributed by atoms with van der Waals surface area (Å²) in [6.07, 6.45) is 0.461.